The average molecular weight is 131 g/mol. The molecule has 46 valence electrons. The lowest BCUT2D eigenvalue weighted by Gasteiger charge is -1.90. The first-order chi connectivity index (χ1) is 3.68. The second-order valence-electron chi connectivity index (χ2n) is 1.54. The van der Waals surface area contributed by atoms with E-state index < -0.39 is 0 Å². The van der Waals surface area contributed by atoms with Gasteiger partial charge in [0.15, 0.2) is 5.78 Å². The van der Waals surface area contributed by atoms with E-state index in [4.69, 9.17) is 5.73 Å². The molecule has 0 radical (unpaired) electrons. The van der Waals surface area contributed by atoms with Crippen LogP contribution in [0, 0.1) is 0 Å². The second kappa shape index (κ2) is 3.55. The first-order valence-electron chi connectivity index (χ1n) is 2.51. The summed E-state index contributed by atoms with van der Waals surface area (Å²) in [5.41, 5.74) is 5.00. The molecule has 3 heteroatoms. The zero-order valence-electron chi connectivity index (χ0n) is 4.81. The molecule has 0 aromatic rings. The number of hydrogen-bond acceptors (Lipinski definition) is 2. The van der Waals surface area contributed by atoms with Crippen molar-refractivity contribution in [2.45, 2.75) is 19.8 Å². The summed E-state index contributed by atoms with van der Waals surface area (Å²) in [6, 6.07) is 0. The van der Waals surface area contributed by atoms with E-state index in [1.54, 1.807) is 0 Å². The number of rotatable bonds is 3. The number of Topliss-reactive ketones (excluding diaryl/α,β-unsaturated/α-hetero) is 1. The fourth-order valence-electron chi connectivity index (χ4n) is 0.350. The quantitative estimate of drug-likeness (QED) is 0.572. The number of nitrogens with two attached hydrogens (primary N) is 1. The van der Waals surface area contributed by atoms with Gasteiger partial charge in [0.05, 0.1) is 0 Å². The Hall–Kier alpha value is -0.440. The Labute approximate surface area is 54.1 Å². The van der Waals surface area contributed by atoms with Crippen LogP contribution in [0.2, 0.25) is 0 Å². The van der Waals surface area contributed by atoms with Crippen molar-refractivity contribution in [3.63, 3.8) is 0 Å². The Morgan fingerprint density at radius 1 is 1.75 bits per heavy atom. The lowest BCUT2D eigenvalue weighted by molar-refractivity contribution is -0.112. The number of carbonyl (C=O) groups excluding carboxylic acids is 1. The topological polar surface area (TPSA) is 43.1 Å². The van der Waals surface area contributed by atoms with E-state index in [1.807, 2.05) is 6.92 Å². The summed E-state index contributed by atoms with van der Waals surface area (Å²) in [5, 5.41) is 0. The lowest BCUT2D eigenvalue weighted by atomic mass is 10.2. The number of carbonyl (C=O) groups is 1. The molecule has 0 aliphatic carbocycles. The van der Waals surface area contributed by atoms with Gasteiger partial charge in [0.2, 0.25) is 0 Å². The van der Waals surface area contributed by atoms with Crippen LogP contribution in [0.15, 0.2) is 0 Å². The van der Waals surface area contributed by atoms with Crippen molar-refractivity contribution in [1.29, 1.82) is 0 Å². The molecule has 2 nitrogen and oxygen atoms in total. The summed E-state index contributed by atoms with van der Waals surface area (Å²) in [5.74, 6) is -0.109. The third-order valence-corrected chi connectivity index (χ3v) is 0.980. The molecule has 0 bridgehead atoms. The summed E-state index contributed by atoms with van der Waals surface area (Å²) in [7, 11) is 0. The van der Waals surface area contributed by atoms with Crippen molar-refractivity contribution >= 4 is 23.0 Å². The molecule has 0 amide bonds. The molecule has 8 heavy (non-hydrogen) atoms. The van der Waals surface area contributed by atoms with E-state index >= 15 is 0 Å². The number of ketones is 1. The van der Waals surface area contributed by atoms with Crippen LogP contribution in [-0.2, 0) is 4.79 Å². The fraction of sp³-hybridized carbons (Fsp3) is 0.600. The molecule has 0 spiro atoms. The van der Waals surface area contributed by atoms with Crippen LogP contribution >= 0.6 is 12.2 Å². The number of thiocarbonyl (C=S) groups is 1. The highest BCUT2D eigenvalue weighted by Gasteiger charge is 2.00. The van der Waals surface area contributed by atoms with Crippen LogP contribution in [0.25, 0.3) is 0 Å². The predicted octanol–water partition coefficient (Wildman–Crippen LogP) is 0.642. The molecule has 0 rings (SSSR count). The number of hydrogen-bond donors (Lipinski definition) is 1. The van der Waals surface area contributed by atoms with E-state index in [0.29, 0.717) is 6.42 Å². The van der Waals surface area contributed by atoms with Crippen molar-refractivity contribution in [2.75, 3.05) is 0 Å². The first-order valence-corrected chi connectivity index (χ1v) is 2.92. The smallest absolute Gasteiger partial charge is 0.189 e. The van der Waals surface area contributed by atoms with Gasteiger partial charge in [0.25, 0.3) is 0 Å². The Kier molecular flexibility index (Phi) is 3.35. The van der Waals surface area contributed by atoms with E-state index in [2.05, 4.69) is 12.2 Å². The maximum atomic E-state index is 10.5. The Bertz CT molecular complexity index is 111. The molecule has 0 saturated heterocycles. The zero-order valence-corrected chi connectivity index (χ0v) is 5.62. The minimum absolute atomic E-state index is 0.00634. The van der Waals surface area contributed by atoms with Gasteiger partial charge in [-0.1, -0.05) is 19.1 Å². The standard InChI is InChI=1S/C5H9NOS/c1-2-3-4(7)5(6)8/h2-3H2,1H3,(H2,6,8). The Balaban J connectivity index is 3.49. The summed E-state index contributed by atoms with van der Waals surface area (Å²) in [6.45, 7) is 1.91. The van der Waals surface area contributed by atoms with Crippen LogP contribution in [0.4, 0.5) is 0 Å². The molecular formula is C5H9NOS. The molecule has 0 aliphatic rings. The van der Waals surface area contributed by atoms with E-state index in [0.717, 1.165) is 6.42 Å². The third kappa shape index (κ3) is 2.69. The Morgan fingerprint density at radius 2 is 2.25 bits per heavy atom. The molecule has 0 unspecified atom stereocenters. The van der Waals surface area contributed by atoms with Gasteiger partial charge in [-0.15, -0.1) is 0 Å². The van der Waals surface area contributed by atoms with Gasteiger partial charge in [-0.25, -0.2) is 0 Å². The van der Waals surface area contributed by atoms with Gasteiger partial charge in [0.1, 0.15) is 4.99 Å². The van der Waals surface area contributed by atoms with Crippen LogP contribution in [0.3, 0.4) is 0 Å². The predicted molar refractivity (Wildman–Crippen MR) is 36.7 cm³/mol. The minimum atomic E-state index is -0.109. The van der Waals surface area contributed by atoms with Crippen LogP contribution in [0.1, 0.15) is 19.8 Å². The molecular weight excluding hydrogens is 122 g/mol. The maximum Gasteiger partial charge on any atom is 0.189 e. The highest BCUT2D eigenvalue weighted by molar-refractivity contribution is 7.82. The fourth-order valence-corrected chi connectivity index (χ4v) is 0.452. The van der Waals surface area contributed by atoms with Crippen molar-refractivity contribution in [2.24, 2.45) is 5.73 Å². The SMILES string of the molecule is CCCC(=O)C(N)=S. The molecule has 0 atom stereocenters. The lowest BCUT2D eigenvalue weighted by Crippen LogP contribution is -2.19. The average Bonchev–Trinajstić information content (AvgIpc) is 1.67. The minimum Gasteiger partial charge on any atom is -0.387 e. The van der Waals surface area contributed by atoms with Gasteiger partial charge in [0, 0.05) is 6.42 Å². The van der Waals surface area contributed by atoms with Crippen molar-refractivity contribution in [3.8, 4) is 0 Å². The van der Waals surface area contributed by atoms with Crippen molar-refractivity contribution in [1.82, 2.24) is 0 Å². The normalized spacial score (nSPS) is 8.62. The van der Waals surface area contributed by atoms with E-state index in [9.17, 15) is 4.79 Å². The summed E-state index contributed by atoms with van der Waals surface area (Å²) in [4.78, 5) is 10.5. The van der Waals surface area contributed by atoms with Gasteiger partial charge in [-0.3, -0.25) is 4.79 Å². The van der Waals surface area contributed by atoms with Crippen LogP contribution in [-0.4, -0.2) is 10.8 Å². The summed E-state index contributed by atoms with van der Waals surface area (Å²) in [6.07, 6.45) is 1.30. The van der Waals surface area contributed by atoms with Gasteiger partial charge in [-0.2, -0.15) is 0 Å². The highest BCUT2D eigenvalue weighted by Crippen LogP contribution is 1.87. The van der Waals surface area contributed by atoms with Crippen molar-refractivity contribution < 1.29 is 4.79 Å². The molecule has 0 fully saturated rings. The molecule has 0 aliphatic heterocycles. The first kappa shape index (κ1) is 7.56. The molecule has 2 N–H and O–H groups in total. The highest BCUT2D eigenvalue weighted by atomic mass is 32.1. The molecule has 0 saturated carbocycles. The van der Waals surface area contributed by atoms with Crippen LogP contribution < -0.4 is 5.73 Å². The van der Waals surface area contributed by atoms with Crippen LogP contribution in [0.5, 0.6) is 0 Å². The van der Waals surface area contributed by atoms with Gasteiger partial charge < -0.3 is 5.73 Å². The third-order valence-electron chi connectivity index (χ3n) is 0.752. The van der Waals surface area contributed by atoms with Crippen molar-refractivity contribution in [3.05, 3.63) is 0 Å². The van der Waals surface area contributed by atoms with Gasteiger partial charge >= 0.3 is 0 Å². The largest absolute Gasteiger partial charge is 0.387 e. The monoisotopic (exact) mass is 131 g/mol. The molecule has 0 heterocycles. The molecule has 0 aromatic heterocycles. The maximum absolute atomic E-state index is 10.5. The summed E-state index contributed by atoms with van der Waals surface area (Å²) < 4.78 is 0. The Morgan fingerprint density at radius 3 is 2.38 bits per heavy atom. The van der Waals surface area contributed by atoms with E-state index in [-0.39, 0.29) is 10.8 Å². The van der Waals surface area contributed by atoms with E-state index in [1.165, 1.54) is 0 Å². The molecule has 0 aromatic carbocycles. The second-order valence-corrected chi connectivity index (χ2v) is 1.98. The summed E-state index contributed by atoms with van der Waals surface area (Å²) >= 11 is 4.41. The van der Waals surface area contributed by atoms with Gasteiger partial charge in [-0.05, 0) is 6.42 Å². The zero-order chi connectivity index (χ0) is 6.57.